The number of urea groups is 1. The van der Waals surface area contributed by atoms with Crippen molar-refractivity contribution in [3.8, 4) is 0 Å². The van der Waals surface area contributed by atoms with E-state index in [0.29, 0.717) is 80.8 Å². The van der Waals surface area contributed by atoms with E-state index < -0.39 is 17.9 Å². The van der Waals surface area contributed by atoms with E-state index in [1.807, 2.05) is 41.1 Å². The number of hydrogen-bond acceptors (Lipinski definition) is 12. The molecule has 6 aliphatic heterocycles. The fourth-order valence-corrected chi connectivity index (χ4v) is 10.1. The van der Waals surface area contributed by atoms with Gasteiger partial charge in [0.05, 0.1) is 17.4 Å². The standard InChI is InChI=1S/C44H55FN12O5/c1-51-17-22-56(44(51)62)32-3-2-14-55(27-32)43-47-35(39(40(46)59)49-50-43)8-4-28-5-9-36(34(45)23-28)54-20-18-52(19-21-54)25-29-12-15-53(16-13-29)31-7-6-30-26-57(42(61)33(30)24-31)37-10-11-38(58)48-41(37)60/h5-7,9,23-24,29,32,37H,2-4,8,10-22,25-27H2,1H3,(H2,46,59)(H,48,58,60)/t32-,37?/m1/s1. The highest BCUT2D eigenvalue weighted by molar-refractivity contribution is 6.05. The smallest absolute Gasteiger partial charge is 0.320 e. The molecule has 62 heavy (non-hydrogen) atoms. The van der Waals surface area contributed by atoms with Crippen molar-refractivity contribution >= 4 is 47.0 Å². The van der Waals surface area contributed by atoms with Gasteiger partial charge in [-0.25, -0.2) is 14.2 Å². The highest BCUT2D eigenvalue weighted by Crippen LogP contribution is 2.33. The fraction of sp³-hybridized carbons (Fsp3) is 0.545. The van der Waals surface area contributed by atoms with Crippen molar-refractivity contribution < 1.29 is 28.4 Å². The Morgan fingerprint density at radius 1 is 0.839 bits per heavy atom. The summed E-state index contributed by atoms with van der Waals surface area (Å²) in [6.07, 6.45) is 5.20. The SMILES string of the molecule is CN1CCN([C@@H]2CCCN(c3nnc(C(N)=O)c(CCc4ccc(N5CCN(CC6CCN(c7ccc8c(c7)C(=O)N(C7CCC(=O)NC7=O)C8)CC6)CC5)c(F)c4)n3)C2)C1=O. The zero-order chi connectivity index (χ0) is 43.1. The summed E-state index contributed by atoms with van der Waals surface area (Å²) in [6, 6.07) is 10.8. The van der Waals surface area contributed by atoms with Crippen molar-refractivity contribution in [2.75, 3.05) is 93.7 Å². The van der Waals surface area contributed by atoms with E-state index in [9.17, 15) is 24.0 Å². The number of piperidine rings is 3. The first-order valence-corrected chi connectivity index (χ1v) is 22.1. The molecule has 6 amide bonds. The van der Waals surface area contributed by atoms with Gasteiger partial charge in [0.15, 0.2) is 5.69 Å². The predicted molar refractivity (Wildman–Crippen MR) is 228 cm³/mol. The van der Waals surface area contributed by atoms with Crippen molar-refractivity contribution in [2.24, 2.45) is 11.7 Å². The van der Waals surface area contributed by atoms with Crippen LogP contribution in [0.4, 0.5) is 26.5 Å². The van der Waals surface area contributed by atoms with E-state index in [1.54, 1.807) is 15.9 Å². The molecule has 6 aliphatic rings. The number of primary amides is 1. The lowest BCUT2D eigenvalue weighted by molar-refractivity contribution is -0.136. The van der Waals surface area contributed by atoms with E-state index in [2.05, 4.69) is 36.3 Å². The maximum atomic E-state index is 15.7. The molecule has 7 heterocycles. The average molecular weight is 851 g/mol. The Morgan fingerprint density at radius 2 is 1.65 bits per heavy atom. The summed E-state index contributed by atoms with van der Waals surface area (Å²) in [6.45, 7) is 8.99. The molecule has 1 aromatic heterocycles. The van der Waals surface area contributed by atoms with E-state index in [4.69, 9.17) is 10.7 Å². The minimum atomic E-state index is -0.712. The van der Waals surface area contributed by atoms with Crippen LogP contribution in [0.5, 0.6) is 0 Å². The molecule has 5 saturated heterocycles. The summed E-state index contributed by atoms with van der Waals surface area (Å²) in [4.78, 5) is 81.4. The molecule has 2 aromatic carbocycles. The molecule has 5 fully saturated rings. The van der Waals surface area contributed by atoms with Crippen LogP contribution >= 0.6 is 0 Å². The van der Waals surface area contributed by atoms with Gasteiger partial charge in [-0.2, -0.15) is 0 Å². The molecule has 2 atom stereocenters. The third kappa shape index (κ3) is 8.48. The molecular formula is C44H55FN12O5. The van der Waals surface area contributed by atoms with Crippen LogP contribution in [-0.4, -0.2) is 156 Å². The molecule has 0 spiro atoms. The molecule has 0 bridgehead atoms. The topological polar surface area (TPSA) is 185 Å². The number of nitrogens with one attached hydrogen (secondary N) is 1. The van der Waals surface area contributed by atoms with Crippen molar-refractivity contribution in [3.05, 3.63) is 70.3 Å². The molecule has 1 unspecified atom stereocenters. The van der Waals surface area contributed by atoms with Crippen LogP contribution in [0.2, 0.25) is 0 Å². The summed E-state index contributed by atoms with van der Waals surface area (Å²) in [5, 5.41) is 10.8. The van der Waals surface area contributed by atoms with E-state index in [-0.39, 0.29) is 41.8 Å². The highest BCUT2D eigenvalue weighted by Gasteiger charge is 2.40. The molecule has 18 heteroatoms. The minimum Gasteiger partial charge on any atom is -0.371 e. The third-order valence-corrected chi connectivity index (χ3v) is 13.7. The van der Waals surface area contributed by atoms with Crippen LogP contribution in [-0.2, 0) is 29.0 Å². The first-order chi connectivity index (χ1) is 30.0. The number of hydrogen-bond donors (Lipinski definition) is 2. The number of piperazine rings is 1. The van der Waals surface area contributed by atoms with Gasteiger partial charge in [0.25, 0.3) is 11.8 Å². The maximum Gasteiger partial charge on any atom is 0.320 e. The number of nitrogens with two attached hydrogens (primary N) is 1. The number of halogens is 1. The van der Waals surface area contributed by atoms with Crippen molar-refractivity contribution in [3.63, 3.8) is 0 Å². The zero-order valence-electron chi connectivity index (χ0n) is 35.3. The van der Waals surface area contributed by atoms with Gasteiger partial charge in [0.2, 0.25) is 17.8 Å². The molecule has 328 valence electrons. The number of rotatable bonds is 11. The van der Waals surface area contributed by atoms with E-state index >= 15 is 4.39 Å². The normalized spacial score (nSPS) is 22.8. The number of imide groups is 1. The number of anilines is 3. The molecule has 9 rings (SSSR count). The Bertz CT molecular complexity index is 2240. The number of benzene rings is 2. The number of carbonyl (C=O) groups is 5. The lowest BCUT2D eigenvalue weighted by Crippen LogP contribution is -2.52. The molecule has 17 nitrogen and oxygen atoms in total. The van der Waals surface area contributed by atoms with Crippen LogP contribution in [0.3, 0.4) is 0 Å². The van der Waals surface area contributed by atoms with E-state index in [1.165, 1.54) is 0 Å². The fourth-order valence-electron chi connectivity index (χ4n) is 10.1. The summed E-state index contributed by atoms with van der Waals surface area (Å²) >= 11 is 0. The van der Waals surface area contributed by atoms with Gasteiger partial charge in [-0.15, -0.1) is 10.2 Å². The molecule has 0 saturated carbocycles. The van der Waals surface area contributed by atoms with Gasteiger partial charge in [-0.1, -0.05) is 12.1 Å². The van der Waals surface area contributed by atoms with Crippen LogP contribution in [0.15, 0.2) is 36.4 Å². The van der Waals surface area contributed by atoms with Gasteiger partial charge in [0.1, 0.15) is 11.9 Å². The van der Waals surface area contributed by atoms with Crippen LogP contribution < -0.4 is 25.8 Å². The lowest BCUT2D eigenvalue weighted by Gasteiger charge is -2.40. The Balaban J connectivity index is 0.744. The van der Waals surface area contributed by atoms with Gasteiger partial charge in [-0.3, -0.25) is 29.4 Å². The van der Waals surface area contributed by atoms with Crippen LogP contribution in [0.25, 0.3) is 0 Å². The van der Waals surface area contributed by atoms with Gasteiger partial charge in [0, 0.05) is 103 Å². The highest BCUT2D eigenvalue weighted by atomic mass is 19.1. The number of likely N-dealkylation sites (N-methyl/N-ethyl adjacent to an activating group) is 1. The summed E-state index contributed by atoms with van der Waals surface area (Å²) in [7, 11) is 1.81. The molecule has 3 aromatic rings. The second-order valence-corrected chi connectivity index (χ2v) is 17.7. The van der Waals surface area contributed by atoms with Gasteiger partial charge in [-0.05, 0) is 86.3 Å². The third-order valence-electron chi connectivity index (χ3n) is 13.7. The quantitative estimate of drug-likeness (QED) is 0.268. The van der Waals surface area contributed by atoms with Gasteiger partial charge >= 0.3 is 6.03 Å². The molecule has 0 radical (unpaired) electrons. The molecule has 0 aliphatic carbocycles. The van der Waals surface area contributed by atoms with Crippen molar-refractivity contribution in [1.29, 1.82) is 0 Å². The lowest BCUT2D eigenvalue weighted by atomic mass is 9.95. The van der Waals surface area contributed by atoms with Crippen molar-refractivity contribution in [2.45, 2.75) is 70.0 Å². The average Bonchev–Trinajstić information content (AvgIpc) is 3.79. The first-order valence-electron chi connectivity index (χ1n) is 22.1. The maximum absolute atomic E-state index is 15.7. The Kier molecular flexibility index (Phi) is 11.7. The Hall–Kier alpha value is -5.91. The summed E-state index contributed by atoms with van der Waals surface area (Å²) < 4.78 is 15.7. The second kappa shape index (κ2) is 17.5. The first kappa shape index (κ1) is 41.4. The number of aromatic nitrogens is 3. The monoisotopic (exact) mass is 850 g/mol. The second-order valence-electron chi connectivity index (χ2n) is 17.7. The number of fused-ring (bicyclic) bond motifs is 1. The number of carbonyl (C=O) groups excluding carboxylic acids is 5. The van der Waals surface area contributed by atoms with E-state index in [0.717, 1.165) is 88.3 Å². The van der Waals surface area contributed by atoms with Crippen LogP contribution in [0, 0.1) is 11.7 Å². The van der Waals surface area contributed by atoms with Gasteiger partial charge < -0.3 is 35.1 Å². The predicted octanol–water partition coefficient (Wildman–Crippen LogP) is 2.03. The Labute approximate surface area is 360 Å². The molecular weight excluding hydrogens is 796 g/mol. The molecule has 3 N–H and O–H groups in total. The summed E-state index contributed by atoms with van der Waals surface area (Å²) in [5.74, 6) is -0.886. The minimum absolute atomic E-state index is 0.0116. The Morgan fingerprint density at radius 3 is 2.37 bits per heavy atom. The van der Waals surface area contributed by atoms with Crippen molar-refractivity contribution in [1.82, 2.24) is 40.1 Å². The van der Waals surface area contributed by atoms with Crippen LogP contribution in [0.1, 0.15) is 76.2 Å². The number of amides is 6. The zero-order valence-corrected chi connectivity index (χ0v) is 35.3. The summed E-state index contributed by atoms with van der Waals surface area (Å²) in [5.41, 5.74) is 10.0. The largest absolute Gasteiger partial charge is 0.371 e. The number of nitrogens with zero attached hydrogens (tertiary/aromatic N) is 10. The number of aryl methyl sites for hydroxylation is 2.